The summed E-state index contributed by atoms with van der Waals surface area (Å²) in [6.07, 6.45) is 5.51. The molecule has 98 valence electrons. The largest absolute Gasteiger partial charge is 0.461 e. The number of methoxy groups -OCH3 is 1. The third kappa shape index (κ3) is 3.42. The normalized spacial score (nSPS) is 38.0. The van der Waals surface area contributed by atoms with Crippen LogP contribution in [0.3, 0.4) is 0 Å². The molecule has 2 rings (SSSR count). The summed E-state index contributed by atoms with van der Waals surface area (Å²) < 4.78 is 10.8. The Morgan fingerprint density at radius 3 is 2.71 bits per heavy atom. The standard InChI is InChI=1S/C13H23NO3/c1-9-4-3-5-10(6-9)17-13(15)12-7-11(16-2)8-14-12/h9-12,14H,3-8H2,1-2H3. The van der Waals surface area contributed by atoms with Gasteiger partial charge in [0.15, 0.2) is 0 Å². The molecule has 4 heteroatoms. The summed E-state index contributed by atoms with van der Waals surface area (Å²) in [6.45, 7) is 2.98. The van der Waals surface area contributed by atoms with E-state index in [4.69, 9.17) is 9.47 Å². The third-order valence-electron chi connectivity index (χ3n) is 3.88. The van der Waals surface area contributed by atoms with Gasteiger partial charge in [0.2, 0.25) is 0 Å². The molecule has 17 heavy (non-hydrogen) atoms. The molecule has 4 nitrogen and oxygen atoms in total. The lowest BCUT2D eigenvalue weighted by molar-refractivity contribution is -0.153. The van der Waals surface area contributed by atoms with Gasteiger partial charge in [-0.1, -0.05) is 13.3 Å². The number of hydrogen-bond acceptors (Lipinski definition) is 4. The first-order valence-corrected chi connectivity index (χ1v) is 6.65. The summed E-state index contributed by atoms with van der Waals surface area (Å²) in [7, 11) is 1.68. The first-order chi connectivity index (χ1) is 8.19. The maximum Gasteiger partial charge on any atom is 0.323 e. The highest BCUT2D eigenvalue weighted by Crippen LogP contribution is 2.26. The average molecular weight is 241 g/mol. The summed E-state index contributed by atoms with van der Waals surface area (Å²) >= 11 is 0. The van der Waals surface area contributed by atoms with Crippen molar-refractivity contribution in [3.8, 4) is 0 Å². The number of carbonyl (C=O) groups is 1. The van der Waals surface area contributed by atoms with Gasteiger partial charge in [-0.15, -0.1) is 0 Å². The highest BCUT2D eigenvalue weighted by Gasteiger charge is 2.32. The van der Waals surface area contributed by atoms with Crippen molar-refractivity contribution in [3.05, 3.63) is 0 Å². The van der Waals surface area contributed by atoms with E-state index in [9.17, 15) is 4.79 Å². The Hall–Kier alpha value is -0.610. The van der Waals surface area contributed by atoms with Crippen LogP contribution in [-0.4, -0.2) is 37.9 Å². The number of hydrogen-bond donors (Lipinski definition) is 1. The lowest BCUT2D eigenvalue weighted by atomic mass is 9.89. The van der Waals surface area contributed by atoms with Gasteiger partial charge in [-0.3, -0.25) is 4.79 Å². The van der Waals surface area contributed by atoms with Gasteiger partial charge in [-0.25, -0.2) is 0 Å². The summed E-state index contributed by atoms with van der Waals surface area (Å²) in [5.41, 5.74) is 0. The first-order valence-electron chi connectivity index (χ1n) is 6.65. The Bertz CT molecular complexity index is 269. The van der Waals surface area contributed by atoms with E-state index in [1.807, 2.05) is 0 Å². The smallest absolute Gasteiger partial charge is 0.323 e. The quantitative estimate of drug-likeness (QED) is 0.760. The van der Waals surface area contributed by atoms with Gasteiger partial charge < -0.3 is 14.8 Å². The summed E-state index contributed by atoms with van der Waals surface area (Å²) in [5, 5.41) is 3.16. The zero-order chi connectivity index (χ0) is 12.3. The number of nitrogens with one attached hydrogen (secondary N) is 1. The van der Waals surface area contributed by atoms with Crippen LogP contribution in [0.4, 0.5) is 0 Å². The summed E-state index contributed by atoms with van der Waals surface area (Å²) in [6, 6.07) is -0.169. The van der Waals surface area contributed by atoms with Crippen LogP contribution in [0, 0.1) is 5.92 Å². The number of carbonyl (C=O) groups excluding carboxylic acids is 1. The van der Waals surface area contributed by atoms with E-state index >= 15 is 0 Å². The minimum absolute atomic E-state index is 0.0938. The topological polar surface area (TPSA) is 47.6 Å². The van der Waals surface area contributed by atoms with Crippen LogP contribution in [0.1, 0.15) is 39.0 Å². The van der Waals surface area contributed by atoms with Crippen LogP contribution in [0.15, 0.2) is 0 Å². The van der Waals surface area contributed by atoms with Crippen molar-refractivity contribution in [3.63, 3.8) is 0 Å². The minimum Gasteiger partial charge on any atom is -0.461 e. The van der Waals surface area contributed by atoms with Crippen molar-refractivity contribution in [1.29, 1.82) is 0 Å². The maximum atomic E-state index is 11.9. The van der Waals surface area contributed by atoms with Gasteiger partial charge >= 0.3 is 5.97 Å². The predicted molar refractivity (Wildman–Crippen MR) is 64.7 cm³/mol. The van der Waals surface area contributed by atoms with Crippen LogP contribution >= 0.6 is 0 Å². The van der Waals surface area contributed by atoms with Crippen molar-refractivity contribution in [2.75, 3.05) is 13.7 Å². The molecule has 1 aliphatic carbocycles. The lowest BCUT2D eigenvalue weighted by Crippen LogP contribution is -2.36. The second-order valence-corrected chi connectivity index (χ2v) is 5.38. The molecule has 0 aromatic heterocycles. The Kier molecular flexibility index (Phi) is 4.40. The van der Waals surface area contributed by atoms with Crippen LogP contribution in [-0.2, 0) is 14.3 Å². The van der Waals surface area contributed by atoms with Gasteiger partial charge in [0.25, 0.3) is 0 Å². The second-order valence-electron chi connectivity index (χ2n) is 5.38. The molecule has 0 amide bonds. The van der Waals surface area contributed by atoms with E-state index in [0.29, 0.717) is 5.92 Å². The number of esters is 1. The molecule has 2 aliphatic rings. The molecule has 1 saturated heterocycles. The molecule has 4 atom stereocenters. The van der Waals surface area contributed by atoms with Crippen molar-refractivity contribution < 1.29 is 14.3 Å². The molecule has 0 spiro atoms. The van der Waals surface area contributed by atoms with E-state index in [1.165, 1.54) is 12.8 Å². The first kappa shape index (κ1) is 12.8. The molecule has 4 unspecified atom stereocenters. The van der Waals surface area contributed by atoms with Crippen LogP contribution in [0.25, 0.3) is 0 Å². The monoisotopic (exact) mass is 241 g/mol. The Labute approximate surface area is 103 Å². The van der Waals surface area contributed by atoms with Gasteiger partial charge in [0, 0.05) is 20.1 Å². The van der Waals surface area contributed by atoms with Crippen LogP contribution < -0.4 is 5.32 Å². The molecular weight excluding hydrogens is 218 g/mol. The van der Waals surface area contributed by atoms with E-state index in [2.05, 4.69) is 12.2 Å². The fraction of sp³-hybridized carbons (Fsp3) is 0.923. The Balaban J connectivity index is 1.77. The number of ether oxygens (including phenoxy) is 2. The fourth-order valence-corrected chi connectivity index (χ4v) is 2.79. The van der Waals surface area contributed by atoms with Gasteiger partial charge in [0.05, 0.1) is 6.10 Å². The van der Waals surface area contributed by atoms with E-state index in [1.54, 1.807) is 7.11 Å². The minimum atomic E-state index is -0.169. The van der Waals surface area contributed by atoms with Crippen LogP contribution in [0.5, 0.6) is 0 Å². The van der Waals surface area contributed by atoms with Crippen molar-refractivity contribution >= 4 is 5.97 Å². The predicted octanol–water partition coefficient (Wildman–Crippen LogP) is 1.49. The SMILES string of the molecule is COC1CNC(C(=O)OC2CCCC(C)C2)C1. The van der Waals surface area contributed by atoms with E-state index < -0.39 is 0 Å². The average Bonchev–Trinajstić information content (AvgIpc) is 2.77. The summed E-state index contributed by atoms with van der Waals surface area (Å²) in [4.78, 5) is 11.9. The molecule has 0 aromatic carbocycles. The maximum absolute atomic E-state index is 11.9. The molecule has 1 heterocycles. The molecule has 0 radical (unpaired) electrons. The fourth-order valence-electron chi connectivity index (χ4n) is 2.79. The van der Waals surface area contributed by atoms with Crippen LogP contribution in [0.2, 0.25) is 0 Å². The number of rotatable bonds is 3. The molecular formula is C13H23NO3. The molecule has 2 fully saturated rings. The van der Waals surface area contributed by atoms with Crippen molar-refractivity contribution in [1.82, 2.24) is 5.32 Å². The molecule has 1 N–H and O–H groups in total. The van der Waals surface area contributed by atoms with Gasteiger partial charge in [-0.2, -0.15) is 0 Å². The zero-order valence-electron chi connectivity index (χ0n) is 10.8. The molecule has 1 aliphatic heterocycles. The molecule has 0 aromatic rings. The second kappa shape index (κ2) is 5.83. The van der Waals surface area contributed by atoms with Gasteiger partial charge in [-0.05, 0) is 25.2 Å². The van der Waals surface area contributed by atoms with E-state index in [0.717, 1.165) is 25.8 Å². The van der Waals surface area contributed by atoms with Crippen molar-refractivity contribution in [2.24, 2.45) is 5.92 Å². The molecule has 1 saturated carbocycles. The highest BCUT2D eigenvalue weighted by atomic mass is 16.5. The highest BCUT2D eigenvalue weighted by molar-refractivity contribution is 5.76. The van der Waals surface area contributed by atoms with Crippen molar-refractivity contribution in [2.45, 2.75) is 57.3 Å². The zero-order valence-corrected chi connectivity index (χ0v) is 10.8. The Morgan fingerprint density at radius 1 is 1.24 bits per heavy atom. The van der Waals surface area contributed by atoms with E-state index in [-0.39, 0.29) is 24.2 Å². The Morgan fingerprint density at radius 2 is 2.06 bits per heavy atom. The lowest BCUT2D eigenvalue weighted by Gasteiger charge is -2.27. The summed E-state index contributed by atoms with van der Waals surface area (Å²) in [5.74, 6) is 0.591. The van der Waals surface area contributed by atoms with Gasteiger partial charge in [0.1, 0.15) is 12.1 Å². The third-order valence-corrected chi connectivity index (χ3v) is 3.88. The molecule has 0 bridgehead atoms.